The number of urea groups is 1. The number of nitrogens with zero attached hydrogens (tertiary/aromatic N) is 7. The van der Waals surface area contributed by atoms with Gasteiger partial charge in [0.25, 0.3) is 0 Å². The van der Waals surface area contributed by atoms with Crippen molar-refractivity contribution in [2.24, 2.45) is 0 Å². The third kappa shape index (κ3) is 2.97. The van der Waals surface area contributed by atoms with Gasteiger partial charge in [-0.3, -0.25) is 0 Å². The summed E-state index contributed by atoms with van der Waals surface area (Å²) in [4.78, 5) is 23.0. The molecule has 132 valence electrons. The van der Waals surface area contributed by atoms with E-state index in [9.17, 15) is 4.79 Å². The predicted molar refractivity (Wildman–Crippen MR) is 91.2 cm³/mol. The first kappa shape index (κ1) is 16.3. The first-order valence-corrected chi connectivity index (χ1v) is 9.17. The standard InChI is InChI=1S/C16H20ClN7O/c17-14-13(9-18)20-21-15(19-14)22-6-2-5-12(10-22)24-8-7-23(16(24)25)11-3-1-4-11/h11-12H,1-8,10H2. The Hall–Kier alpha value is -2.14. The maximum absolute atomic E-state index is 12.8. The molecule has 1 atom stereocenters. The van der Waals surface area contributed by atoms with Crippen molar-refractivity contribution in [2.45, 2.75) is 44.2 Å². The van der Waals surface area contributed by atoms with E-state index in [4.69, 9.17) is 16.9 Å². The average Bonchev–Trinajstić information content (AvgIpc) is 2.95. The Labute approximate surface area is 151 Å². The number of hydrogen-bond acceptors (Lipinski definition) is 6. The van der Waals surface area contributed by atoms with E-state index in [1.807, 2.05) is 20.8 Å². The van der Waals surface area contributed by atoms with Crippen LogP contribution >= 0.6 is 11.6 Å². The molecule has 1 aromatic heterocycles. The van der Waals surface area contributed by atoms with Gasteiger partial charge in [-0.2, -0.15) is 10.2 Å². The van der Waals surface area contributed by atoms with Gasteiger partial charge in [-0.05, 0) is 32.1 Å². The van der Waals surface area contributed by atoms with Crippen LogP contribution in [0.2, 0.25) is 5.15 Å². The highest BCUT2D eigenvalue weighted by molar-refractivity contribution is 6.30. The van der Waals surface area contributed by atoms with Crippen molar-refractivity contribution in [3.8, 4) is 6.07 Å². The molecule has 1 unspecified atom stereocenters. The van der Waals surface area contributed by atoms with Gasteiger partial charge in [0.2, 0.25) is 5.95 Å². The molecule has 1 aliphatic carbocycles. The highest BCUT2D eigenvalue weighted by Gasteiger charge is 2.40. The summed E-state index contributed by atoms with van der Waals surface area (Å²) in [5.41, 5.74) is 0.0323. The van der Waals surface area contributed by atoms with Crippen LogP contribution in [0.5, 0.6) is 0 Å². The van der Waals surface area contributed by atoms with E-state index in [-0.39, 0.29) is 22.9 Å². The molecule has 2 saturated heterocycles. The Balaban J connectivity index is 1.45. The minimum absolute atomic E-state index is 0.0323. The maximum atomic E-state index is 12.8. The van der Waals surface area contributed by atoms with Gasteiger partial charge in [0.05, 0.1) is 6.04 Å². The number of halogens is 1. The van der Waals surface area contributed by atoms with E-state index in [0.29, 0.717) is 18.5 Å². The van der Waals surface area contributed by atoms with Gasteiger partial charge >= 0.3 is 6.03 Å². The fourth-order valence-corrected chi connectivity index (χ4v) is 4.00. The van der Waals surface area contributed by atoms with Crippen molar-refractivity contribution >= 4 is 23.6 Å². The van der Waals surface area contributed by atoms with Crippen LogP contribution in [-0.4, -0.2) is 69.3 Å². The van der Waals surface area contributed by atoms with Gasteiger partial charge < -0.3 is 14.7 Å². The number of rotatable bonds is 3. The number of carbonyl (C=O) groups excluding carboxylic acids is 1. The summed E-state index contributed by atoms with van der Waals surface area (Å²) in [6, 6.07) is 2.64. The molecule has 2 aliphatic heterocycles. The highest BCUT2D eigenvalue weighted by Crippen LogP contribution is 2.30. The zero-order valence-corrected chi connectivity index (χ0v) is 14.7. The van der Waals surface area contributed by atoms with Gasteiger partial charge in [-0.25, -0.2) is 4.79 Å². The molecule has 8 nitrogen and oxygen atoms in total. The number of amides is 2. The third-order valence-corrected chi connectivity index (χ3v) is 5.71. The number of anilines is 1. The second-order valence-electron chi connectivity index (χ2n) is 6.86. The second kappa shape index (κ2) is 6.64. The van der Waals surface area contributed by atoms with Gasteiger partial charge in [-0.15, -0.1) is 10.2 Å². The predicted octanol–water partition coefficient (Wildman–Crippen LogP) is 1.66. The number of aromatic nitrogens is 3. The Kier molecular flexibility index (Phi) is 4.34. The maximum Gasteiger partial charge on any atom is 0.320 e. The van der Waals surface area contributed by atoms with Crippen LogP contribution in [0.4, 0.5) is 10.7 Å². The summed E-state index contributed by atoms with van der Waals surface area (Å²) < 4.78 is 0. The zero-order chi connectivity index (χ0) is 17.4. The van der Waals surface area contributed by atoms with Crippen molar-refractivity contribution in [3.63, 3.8) is 0 Å². The van der Waals surface area contributed by atoms with Crippen molar-refractivity contribution in [3.05, 3.63) is 10.8 Å². The lowest BCUT2D eigenvalue weighted by molar-refractivity contribution is 0.139. The Morgan fingerprint density at radius 1 is 1.04 bits per heavy atom. The van der Waals surface area contributed by atoms with Crippen LogP contribution in [0.25, 0.3) is 0 Å². The number of nitriles is 1. The summed E-state index contributed by atoms with van der Waals surface area (Å²) in [7, 11) is 0. The smallest absolute Gasteiger partial charge is 0.320 e. The molecule has 3 fully saturated rings. The summed E-state index contributed by atoms with van der Waals surface area (Å²) in [5, 5.41) is 16.8. The molecule has 4 rings (SSSR count). The minimum Gasteiger partial charge on any atom is -0.337 e. The molecular formula is C16H20ClN7O. The molecule has 1 aromatic rings. The number of hydrogen-bond donors (Lipinski definition) is 0. The SMILES string of the molecule is N#Cc1nnc(N2CCCC(N3CCN(C4CCC4)C3=O)C2)nc1Cl. The largest absolute Gasteiger partial charge is 0.337 e. The molecule has 3 heterocycles. The molecule has 9 heteroatoms. The van der Waals surface area contributed by atoms with E-state index >= 15 is 0 Å². The van der Waals surface area contributed by atoms with E-state index in [1.165, 1.54) is 6.42 Å². The summed E-state index contributed by atoms with van der Waals surface area (Å²) >= 11 is 5.98. The van der Waals surface area contributed by atoms with Crippen LogP contribution in [0.1, 0.15) is 37.8 Å². The first-order valence-electron chi connectivity index (χ1n) is 8.80. The Bertz CT molecular complexity index is 717. The Morgan fingerprint density at radius 2 is 1.76 bits per heavy atom. The van der Waals surface area contributed by atoms with Crippen molar-refractivity contribution in [1.29, 1.82) is 5.26 Å². The molecule has 2 amide bonds. The Morgan fingerprint density at radius 3 is 2.40 bits per heavy atom. The van der Waals surface area contributed by atoms with Gasteiger partial charge in [-0.1, -0.05) is 11.6 Å². The average molecular weight is 362 g/mol. The van der Waals surface area contributed by atoms with Crippen LogP contribution < -0.4 is 4.90 Å². The normalized spacial score (nSPS) is 24.4. The fourth-order valence-electron chi connectivity index (χ4n) is 3.84. The molecule has 3 aliphatic rings. The van der Waals surface area contributed by atoms with Crippen LogP contribution in [-0.2, 0) is 0 Å². The molecule has 0 radical (unpaired) electrons. The van der Waals surface area contributed by atoms with E-state index in [2.05, 4.69) is 15.2 Å². The molecular weight excluding hydrogens is 342 g/mol. The van der Waals surface area contributed by atoms with E-state index in [0.717, 1.165) is 45.3 Å². The van der Waals surface area contributed by atoms with Gasteiger partial charge in [0, 0.05) is 32.2 Å². The summed E-state index contributed by atoms with van der Waals surface area (Å²) in [6.45, 7) is 3.10. The molecule has 1 saturated carbocycles. The zero-order valence-electron chi connectivity index (χ0n) is 13.9. The lowest BCUT2D eigenvalue weighted by atomic mass is 9.92. The van der Waals surface area contributed by atoms with Crippen molar-refractivity contribution in [2.75, 3.05) is 31.1 Å². The topological polar surface area (TPSA) is 89.3 Å². The van der Waals surface area contributed by atoms with Crippen molar-refractivity contribution in [1.82, 2.24) is 25.0 Å². The molecule has 0 spiro atoms. The molecule has 25 heavy (non-hydrogen) atoms. The fraction of sp³-hybridized carbons (Fsp3) is 0.688. The molecule has 0 bridgehead atoms. The summed E-state index contributed by atoms with van der Waals surface area (Å²) in [5.74, 6) is 0.427. The van der Waals surface area contributed by atoms with Crippen LogP contribution in [0.15, 0.2) is 0 Å². The van der Waals surface area contributed by atoms with Gasteiger partial charge in [0.1, 0.15) is 6.07 Å². The first-order chi connectivity index (χ1) is 12.2. The van der Waals surface area contributed by atoms with E-state index < -0.39 is 0 Å². The quantitative estimate of drug-likeness (QED) is 0.813. The monoisotopic (exact) mass is 361 g/mol. The van der Waals surface area contributed by atoms with Crippen molar-refractivity contribution < 1.29 is 4.79 Å². The lowest BCUT2D eigenvalue weighted by Crippen LogP contribution is -2.51. The second-order valence-corrected chi connectivity index (χ2v) is 7.22. The number of carbonyl (C=O) groups is 1. The lowest BCUT2D eigenvalue weighted by Gasteiger charge is -2.38. The van der Waals surface area contributed by atoms with Crippen LogP contribution in [0, 0.1) is 11.3 Å². The highest BCUT2D eigenvalue weighted by atomic mass is 35.5. The van der Waals surface area contributed by atoms with Crippen LogP contribution in [0.3, 0.4) is 0 Å². The molecule has 0 aromatic carbocycles. The number of piperidine rings is 1. The third-order valence-electron chi connectivity index (χ3n) is 5.45. The minimum atomic E-state index is 0.0323. The molecule has 0 N–H and O–H groups in total. The summed E-state index contributed by atoms with van der Waals surface area (Å²) in [6.07, 6.45) is 5.45. The van der Waals surface area contributed by atoms with E-state index in [1.54, 1.807) is 0 Å². The van der Waals surface area contributed by atoms with Gasteiger partial charge in [0.15, 0.2) is 10.8 Å².